The molecule has 7 nitrogen and oxygen atoms in total. The molecule has 2 N–H and O–H groups in total. The molecule has 35 heavy (non-hydrogen) atoms. The largest absolute Gasteiger partial charge is 0.335 e. The fraction of sp³-hybridized carbons (Fsp3) is 0.231. The highest BCUT2D eigenvalue weighted by atomic mass is 19.1. The Hall–Kier alpha value is -3.98. The molecule has 0 saturated carbocycles. The van der Waals surface area contributed by atoms with Crippen molar-refractivity contribution in [1.29, 1.82) is 0 Å². The Morgan fingerprint density at radius 1 is 0.914 bits per heavy atom. The summed E-state index contributed by atoms with van der Waals surface area (Å²) in [5.74, 6) is -0.666. The van der Waals surface area contributed by atoms with E-state index in [9.17, 15) is 4.39 Å². The molecule has 5 aromatic rings. The van der Waals surface area contributed by atoms with Crippen LogP contribution in [0, 0.1) is 11.6 Å². The smallest absolute Gasteiger partial charge is 0.180 e. The van der Waals surface area contributed by atoms with Gasteiger partial charge in [-0.3, -0.25) is 20.0 Å². The highest BCUT2D eigenvalue weighted by Crippen LogP contribution is 2.32. The monoisotopic (exact) mass is 471 g/mol. The molecule has 1 fully saturated rings. The van der Waals surface area contributed by atoms with Gasteiger partial charge in [0, 0.05) is 41.8 Å². The number of aromatic nitrogens is 6. The second-order valence-corrected chi connectivity index (χ2v) is 8.83. The average molecular weight is 472 g/mol. The van der Waals surface area contributed by atoms with Crippen LogP contribution in [0.4, 0.5) is 8.78 Å². The SMILES string of the molecule is Fc1ccccc1-c1cncc2[nH]c(-c3n[nH]c(-c4cncc(CN5CCCCC5)c4)c3F)nc12. The molecule has 0 unspecified atom stereocenters. The number of rotatable bonds is 5. The van der Waals surface area contributed by atoms with Crippen molar-refractivity contribution in [3.8, 4) is 33.9 Å². The van der Waals surface area contributed by atoms with Crippen LogP contribution in [0.3, 0.4) is 0 Å². The zero-order valence-electron chi connectivity index (χ0n) is 18.9. The van der Waals surface area contributed by atoms with Crippen LogP contribution in [0.25, 0.3) is 44.9 Å². The number of aromatic amines is 2. The number of hydrogen-bond acceptors (Lipinski definition) is 5. The highest BCUT2D eigenvalue weighted by molar-refractivity contribution is 5.92. The molecule has 1 aliphatic heterocycles. The molecule has 0 amide bonds. The lowest BCUT2D eigenvalue weighted by Crippen LogP contribution is -2.29. The van der Waals surface area contributed by atoms with Crippen LogP contribution in [0.2, 0.25) is 0 Å². The molecular formula is C26H23F2N7. The van der Waals surface area contributed by atoms with Crippen molar-refractivity contribution in [2.45, 2.75) is 25.8 Å². The highest BCUT2D eigenvalue weighted by Gasteiger charge is 2.21. The van der Waals surface area contributed by atoms with Crippen molar-refractivity contribution >= 4 is 11.0 Å². The van der Waals surface area contributed by atoms with Crippen LogP contribution < -0.4 is 0 Å². The average Bonchev–Trinajstić information content (AvgIpc) is 3.48. The number of H-pyrrole nitrogens is 2. The van der Waals surface area contributed by atoms with E-state index < -0.39 is 5.82 Å². The zero-order valence-corrected chi connectivity index (χ0v) is 18.9. The van der Waals surface area contributed by atoms with Gasteiger partial charge < -0.3 is 4.98 Å². The van der Waals surface area contributed by atoms with E-state index in [1.807, 2.05) is 12.3 Å². The molecule has 6 rings (SSSR count). The van der Waals surface area contributed by atoms with Gasteiger partial charge in [-0.15, -0.1) is 0 Å². The maximum Gasteiger partial charge on any atom is 0.180 e. The van der Waals surface area contributed by atoms with E-state index in [2.05, 4.69) is 35.0 Å². The first kappa shape index (κ1) is 21.5. The summed E-state index contributed by atoms with van der Waals surface area (Å²) in [6.45, 7) is 2.93. The number of pyridine rings is 2. The summed E-state index contributed by atoms with van der Waals surface area (Å²) in [7, 11) is 0. The maximum absolute atomic E-state index is 15.5. The maximum atomic E-state index is 15.5. The van der Waals surface area contributed by atoms with Crippen molar-refractivity contribution in [2.75, 3.05) is 13.1 Å². The van der Waals surface area contributed by atoms with Crippen molar-refractivity contribution in [1.82, 2.24) is 35.0 Å². The van der Waals surface area contributed by atoms with Gasteiger partial charge in [0.15, 0.2) is 17.3 Å². The minimum absolute atomic E-state index is 0.0529. The van der Waals surface area contributed by atoms with Gasteiger partial charge in [-0.2, -0.15) is 5.10 Å². The third-order valence-corrected chi connectivity index (χ3v) is 6.43. The van der Waals surface area contributed by atoms with Crippen molar-refractivity contribution in [2.24, 2.45) is 0 Å². The lowest BCUT2D eigenvalue weighted by Gasteiger charge is -2.26. The van der Waals surface area contributed by atoms with Gasteiger partial charge in [0.25, 0.3) is 0 Å². The number of nitrogens with one attached hydrogen (secondary N) is 2. The second-order valence-electron chi connectivity index (χ2n) is 8.83. The summed E-state index contributed by atoms with van der Waals surface area (Å²) >= 11 is 0. The fourth-order valence-electron chi connectivity index (χ4n) is 4.68. The molecule has 0 bridgehead atoms. The lowest BCUT2D eigenvalue weighted by molar-refractivity contribution is 0.220. The van der Waals surface area contributed by atoms with E-state index in [0.29, 0.717) is 27.7 Å². The standard InChI is InChI=1S/C26H23F2N7/c27-20-7-3-2-6-18(20)19-13-30-14-21-24(19)32-26(31-21)25-22(28)23(33-34-25)17-10-16(11-29-12-17)15-35-8-4-1-5-9-35/h2-3,6-7,10-14H,1,4-5,8-9,15H2,(H,31,32)(H,33,34). The van der Waals surface area contributed by atoms with Crippen molar-refractivity contribution in [3.63, 3.8) is 0 Å². The van der Waals surface area contributed by atoms with Crippen LogP contribution in [0.1, 0.15) is 24.8 Å². The van der Waals surface area contributed by atoms with Crippen LogP contribution >= 0.6 is 0 Å². The number of likely N-dealkylation sites (tertiary alicyclic amines) is 1. The number of benzene rings is 1. The molecule has 0 aliphatic carbocycles. The minimum Gasteiger partial charge on any atom is -0.335 e. The third-order valence-electron chi connectivity index (χ3n) is 6.43. The van der Waals surface area contributed by atoms with Gasteiger partial charge in [0.1, 0.15) is 17.0 Å². The first-order valence-electron chi connectivity index (χ1n) is 11.7. The number of piperidine rings is 1. The Bertz CT molecular complexity index is 1500. The van der Waals surface area contributed by atoms with E-state index >= 15 is 4.39 Å². The van der Waals surface area contributed by atoms with E-state index in [0.717, 1.165) is 25.2 Å². The lowest BCUT2D eigenvalue weighted by atomic mass is 10.1. The molecular weight excluding hydrogens is 448 g/mol. The first-order valence-corrected chi connectivity index (χ1v) is 11.7. The van der Waals surface area contributed by atoms with E-state index in [1.165, 1.54) is 25.3 Å². The fourth-order valence-corrected chi connectivity index (χ4v) is 4.68. The predicted octanol–water partition coefficient (Wildman–Crippen LogP) is 5.34. The molecule has 5 heterocycles. The Balaban J connectivity index is 1.34. The molecule has 1 aromatic carbocycles. The molecule has 176 valence electrons. The summed E-state index contributed by atoms with van der Waals surface area (Å²) in [4.78, 5) is 18.6. The summed E-state index contributed by atoms with van der Waals surface area (Å²) in [5, 5.41) is 7.00. The first-order chi connectivity index (χ1) is 17.2. The van der Waals surface area contributed by atoms with Crippen molar-refractivity contribution < 1.29 is 8.78 Å². The summed E-state index contributed by atoms with van der Waals surface area (Å²) in [6.07, 6.45) is 10.3. The molecule has 1 aliphatic rings. The van der Waals surface area contributed by atoms with Crippen LogP contribution in [0.15, 0.2) is 55.1 Å². The second kappa shape index (κ2) is 8.99. The third kappa shape index (κ3) is 4.08. The Morgan fingerprint density at radius 2 is 1.74 bits per heavy atom. The van der Waals surface area contributed by atoms with Crippen LogP contribution in [0.5, 0.6) is 0 Å². The zero-order chi connectivity index (χ0) is 23.8. The van der Waals surface area contributed by atoms with Crippen LogP contribution in [-0.2, 0) is 6.54 Å². The van der Waals surface area contributed by atoms with E-state index in [4.69, 9.17) is 0 Å². The van der Waals surface area contributed by atoms with E-state index in [-0.39, 0.29) is 23.0 Å². The Morgan fingerprint density at radius 3 is 2.60 bits per heavy atom. The molecule has 0 spiro atoms. The number of nitrogens with zero attached hydrogens (tertiary/aromatic N) is 5. The van der Waals surface area contributed by atoms with Crippen molar-refractivity contribution in [3.05, 3.63) is 72.3 Å². The summed E-state index contributed by atoms with van der Waals surface area (Å²) < 4.78 is 30.0. The molecule has 0 radical (unpaired) electrons. The van der Waals surface area contributed by atoms with Gasteiger partial charge in [0.05, 0.1) is 11.7 Å². The molecule has 4 aromatic heterocycles. The van der Waals surface area contributed by atoms with Gasteiger partial charge in [0.2, 0.25) is 0 Å². The molecule has 9 heteroatoms. The molecule has 1 saturated heterocycles. The normalized spacial score (nSPS) is 14.6. The summed E-state index contributed by atoms with van der Waals surface area (Å²) in [6, 6.07) is 8.37. The van der Waals surface area contributed by atoms with E-state index in [1.54, 1.807) is 36.8 Å². The number of fused-ring (bicyclic) bond motifs is 1. The van der Waals surface area contributed by atoms with Gasteiger partial charge in [-0.05, 0) is 43.6 Å². The quantitative estimate of drug-likeness (QED) is 0.361. The Kier molecular flexibility index (Phi) is 5.54. The minimum atomic E-state index is -0.527. The Labute approximate surface area is 200 Å². The number of hydrogen-bond donors (Lipinski definition) is 2. The van der Waals surface area contributed by atoms with Gasteiger partial charge in [-0.25, -0.2) is 13.8 Å². The topological polar surface area (TPSA) is 86.4 Å². The number of imidazole rings is 1. The van der Waals surface area contributed by atoms with Gasteiger partial charge >= 0.3 is 0 Å². The predicted molar refractivity (Wildman–Crippen MR) is 129 cm³/mol. The van der Waals surface area contributed by atoms with Crippen LogP contribution in [-0.4, -0.2) is 48.1 Å². The molecule has 0 atom stereocenters. The summed E-state index contributed by atoms with van der Waals surface area (Å²) in [5.41, 5.74) is 3.92. The van der Waals surface area contributed by atoms with Gasteiger partial charge in [-0.1, -0.05) is 24.6 Å². The number of halogens is 2.